The van der Waals surface area contributed by atoms with Crippen molar-refractivity contribution in [3.8, 4) is 40.2 Å². The Morgan fingerprint density at radius 2 is 0.479 bits per heavy atom. The van der Waals surface area contributed by atoms with Crippen LogP contribution in [0.5, 0.6) is 40.2 Å². The fourth-order valence-electron chi connectivity index (χ4n) is 6.69. The minimum atomic E-state index is 0.564. The summed E-state index contributed by atoms with van der Waals surface area (Å²) in [7, 11) is 0. The largest absolute Gasteiger partial charge is 0.494 e. The summed E-state index contributed by atoms with van der Waals surface area (Å²) < 4.78 is 40.4. The molecule has 0 bridgehead atoms. The van der Waals surface area contributed by atoms with Crippen molar-refractivity contribution in [2.75, 3.05) is 26.4 Å². The summed E-state index contributed by atoms with van der Waals surface area (Å²) in [4.78, 5) is 0. The molecule has 71 heavy (non-hydrogen) atoms. The molecule has 0 heterocycles. The fourth-order valence-corrected chi connectivity index (χ4v) is 6.69. The van der Waals surface area contributed by atoms with Crippen LogP contribution in [0.2, 0.25) is 0 Å². The zero-order chi connectivity index (χ0) is 50.1. The van der Waals surface area contributed by atoms with Gasteiger partial charge >= 0.3 is 0 Å². The molecule has 0 aromatic heterocycles. The molecule has 0 aliphatic heterocycles. The summed E-state index contributed by atoms with van der Waals surface area (Å²) in [6, 6.07) is 64.0. The highest BCUT2D eigenvalue weighted by Crippen LogP contribution is 2.30. The van der Waals surface area contributed by atoms with Gasteiger partial charge in [0.1, 0.15) is 25.6 Å². The van der Waals surface area contributed by atoms with Crippen LogP contribution in [0.3, 0.4) is 0 Å². The zero-order valence-electron chi connectivity index (χ0n) is 43.1. The monoisotopic (exact) mass is 961 g/mol. The van der Waals surface area contributed by atoms with E-state index in [0.29, 0.717) is 19.8 Å². The SMILES string of the molecule is CCCCCCOc1ccccc1OCc1ccccc1.CCCCCOc1ccccc1OCc1ccccc1.CCCCOc1ccccc1.CCCCOc1ccccc1OCc1ccccc1. The molecule has 0 aliphatic carbocycles. The van der Waals surface area contributed by atoms with Gasteiger partial charge in [-0.3, -0.25) is 0 Å². The highest BCUT2D eigenvalue weighted by Gasteiger charge is 2.07. The van der Waals surface area contributed by atoms with Crippen LogP contribution in [0.1, 0.15) is 115 Å². The molecule has 0 atom stereocenters. The maximum absolute atomic E-state index is 5.88. The van der Waals surface area contributed by atoms with Gasteiger partial charge < -0.3 is 33.2 Å². The lowest BCUT2D eigenvalue weighted by atomic mass is 10.2. The number of para-hydroxylation sites is 7. The third kappa shape index (κ3) is 25.5. The molecule has 0 saturated carbocycles. The topological polar surface area (TPSA) is 64.6 Å². The van der Waals surface area contributed by atoms with Crippen LogP contribution in [0.25, 0.3) is 0 Å². The number of hydrogen-bond donors (Lipinski definition) is 0. The number of unbranched alkanes of at least 4 members (excludes halogenated alkanes) is 7. The summed E-state index contributed by atoms with van der Waals surface area (Å²) in [5.74, 6) is 5.91. The van der Waals surface area contributed by atoms with Gasteiger partial charge in [0, 0.05) is 0 Å². The number of benzene rings is 7. The summed E-state index contributed by atoms with van der Waals surface area (Å²) in [5, 5.41) is 0. The molecule has 0 saturated heterocycles. The summed E-state index contributed by atoms with van der Waals surface area (Å²) in [5.41, 5.74) is 3.48. The summed E-state index contributed by atoms with van der Waals surface area (Å²) in [6.07, 6.45) is 12.9. The van der Waals surface area contributed by atoms with Crippen LogP contribution >= 0.6 is 0 Å². The van der Waals surface area contributed by atoms with E-state index in [0.717, 1.165) is 115 Å². The molecule has 0 unspecified atom stereocenters. The maximum Gasteiger partial charge on any atom is 0.161 e. The van der Waals surface area contributed by atoms with Gasteiger partial charge in [0.05, 0.1) is 26.4 Å². The van der Waals surface area contributed by atoms with E-state index in [9.17, 15) is 0 Å². The molecule has 0 amide bonds. The van der Waals surface area contributed by atoms with Gasteiger partial charge in [0.25, 0.3) is 0 Å². The predicted octanol–water partition coefficient (Wildman–Crippen LogP) is 17.4. The van der Waals surface area contributed by atoms with Gasteiger partial charge in [-0.2, -0.15) is 0 Å². The van der Waals surface area contributed by atoms with Gasteiger partial charge in [0.2, 0.25) is 0 Å². The number of ether oxygens (including phenoxy) is 7. The summed E-state index contributed by atoms with van der Waals surface area (Å²) >= 11 is 0. The Morgan fingerprint density at radius 3 is 0.817 bits per heavy atom. The molecule has 7 aromatic rings. The van der Waals surface area contributed by atoms with Crippen LogP contribution in [0, 0.1) is 0 Å². The molecule has 7 nitrogen and oxygen atoms in total. The molecule has 0 aliphatic rings. The average molecular weight is 961 g/mol. The second-order valence-electron chi connectivity index (χ2n) is 16.8. The Balaban J connectivity index is 0.000000210. The van der Waals surface area contributed by atoms with E-state index in [-0.39, 0.29) is 0 Å². The second-order valence-corrected chi connectivity index (χ2v) is 16.8. The Labute approximate surface area is 427 Å². The molecule has 0 spiro atoms. The van der Waals surface area contributed by atoms with E-state index in [1.807, 2.05) is 158 Å². The highest BCUT2D eigenvalue weighted by molar-refractivity contribution is 5.41. The third-order valence-corrected chi connectivity index (χ3v) is 10.8. The lowest BCUT2D eigenvalue weighted by Gasteiger charge is -2.12. The lowest BCUT2D eigenvalue weighted by Crippen LogP contribution is -2.01. The number of hydrogen-bond acceptors (Lipinski definition) is 7. The smallest absolute Gasteiger partial charge is 0.161 e. The molecular formula is C64H80O7. The molecule has 0 N–H and O–H groups in total. The normalized spacial score (nSPS) is 10.1. The van der Waals surface area contributed by atoms with Gasteiger partial charge in [-0.25, -0.2) is 0 Å². The standard InChI is InChI=1S/C19H24O2.C18H22O2.C17H20O2.C10H14O/c1-2-3-4-10-15-20-18-13-8-9-14-19(18)21-16-17-11-6-5-7-12-17;1-2-3-9-14-19-17-12-7-8-13-18(17)20-15-16-10-5-4-6-11-16;1-2-3-13-18-16-11-7-8-12-17(16)19-14-15-9-5-4-6-10-15;1-2-3-9-11-10-7-5-4-6-8-10/h5-9,11-14H,2-4,10,15-16H2,1H3;4-8,10-13H,2-3,9,14-15H2,1H3;4-12H,2-3,13-14H2,1H3;4-8H,2-3,9H2,1H3. The molecule has 7 rings (SSSR count). The van der Waals surface area contributed by atoms with Crippen molar-refractivity contribution in [3.05, 3.63) is 211 Å². The Kier molecular flexibility index (Phi) is 30.3. The van der Waals surface area contributed by atoms with Gasteiger partial charge in [-0.15, -0.1) is 0 Å². The van der Waals surface area contributed by atoms with Crippen molar-refractivity contribution in [3.63, 3.8) is 0 Å². The van der Waals surface area contributed by atoms with Gasteiger partial charge in [-0.05, 0) is 90.9 Å². The molecule has 7 aromatic carbocycles. The summed E-state index contributed by atoms with van der Waals surface area (Å²) in [6.45, 7) is 13.5. The first-order valence-electron chi connectivity index (χ1n) is 26.0. The van der Waals surface area contributed by atoms with Crippen molar-refractivity contribution in [2.24, 2.45) is 0 Å². The molecule has 0 fully saturated rings. The molecule has 7 heteroatoms. The first-order valence-corrected chi connectivity index (χ1v) is 26.0. The first kappa shape index (κ1) is 56.7. The Morgan fingerprint density at radius 1 is 0.225 bits per heavy atom. The Hall–Kier alpha value is -6.86. The minimum Gasteiger partial charge on any atom is -0.494 e. The molecular weight excluding hydrogens is 881 g/mol. The molecule has 0 radical (unpaired) electrons. The Bertz CT molecular complexity index is 2310. The van der Waals surface area contributed by atoms with Crippen LogP contribution in [0.15, 0.2) is 194 Å². The van der Waals surface area contributed by atoms with Crippen molar-refractivity contribution < 1.29 is 33.2 Å². The highest BCUT2D eigenvalue weighted by atomic mass is 16.5. The van der Waals surface area contributed by atoms with Crippen LogP contribution in [-0.2, 0) is 19.8 Å². The third-order valence-electron chi connectivity index (χ3n) is 10.8. The van der Waals surface area contributed by atoms with E-state index in [1.165, 1.54) is 38.5 Å². The average Bonchev–Trinajstić information content (AvgIpc) is 3.43. The van der Waals surface area contributed by atoms with E-state index >= 15 is 0 Å². The van der Waals surface area contributed by atoms with E-state index in [2.05, 4.69) is 64.1 Å². The van der Waals surface area contributed by atoms with E-state index in [1.54, 1.807) is 0 Å². The maximum atomic E-state index is 5.88. The first-order chi connectivity index (χ1) is 35.1. The lowest BCUT2D eigenvalue weighted by molar-refractivity contribution is 0.257. The van der Waals surface area contributed by atoms with Crippen molar-refractivity contribution in [1.29, 1.82) is 0 Å². The number of rotatable bonds is 28. The van der Waals surface area contributed by atoms with Gasteiger partial charge in [0.15, 0.2) is 34.5 Å². The van der Waals surface area contributed by atoms with Crippen LogP contribution < -0.4 is 33.2 Å². The van der Waals surface area contributed by atoms with Crippen molar-refractivity contribution in [2.45, 2.75) is 118 Å². The molecule has 378 valence electrons. The van der Waals surface area contributed by atoms with Crippen molar-refractivity contribution in [1.82, 2.24) is 0 Å². The van der Waals surface area contributed by atoms with E-state index in [4.69, 9.17) is 33.2 Å². The second kappa shape index (κ2) is 38.0. The quantitative estimate of drug-likeness (QED) is 0.0453. The zero-order valence-corrected chi connectivity index (χ0v) is 43.1. The predicted molar refractivity (Wildman–Crippen MR) is 294 cm³/mol. The fraction of sp³-hybridized carbons (Fsp3) is 0.344. The van der Waals surface area contributed by atoms with Crippen LogP contribution in [0.4, 0.5) is 0 Å². The van der Waals surface area contributed by atoms with Crippen LogP contribution in [-0.4, -0.2) is 26.4 Å². The van der Waals surface area contributed by atoms with Gasteiger partial charge in [-0.1, -0.05) is 218 Å². The minimum absolute atomic E-state index is 0.564. The van der Waals surface area contributed by atoms with E-state index < -0.39 is 0 Å². The van der Waals surface area contributed by atoms with Crippen molar-refractivity contribution >= 4 is 0 Å².